The smallest absolute Gasteiger partial charge is 0.0169 e. The molecule has 0 heterocycles. The molecular formula is C17H31. The highest BCUT2D eigenvalue weighted by molar-refractivity contribution is 4.93. The van der Waals surface area contributed by atoms with E-state index in [4.69, 9.17) is 0 Å². The Morgan fingerprint density at radius 3 is 1.88 bits per heavy atom. The number of hydrogen-bond acceptors (Lipinski definition) is 0. The molecule has 17 heavy (non-hydrogen) atoms. The van der Waals surface area contributed by atoms with Crippen molar-refractivity contribution in [2.75, 3.05) is 0 Å². The summed E-state index contributed by atoms with van der Waals surface area (Å²) in [4.78, 5) is 0. The molecule has 0 heteroatoms. The summed E-state index contributed by atoms with van der Waals surface area (Å²) >= 11 is 0. The Morgan fingerprint density at radius 2 is 1.29 bits per heavy atom. The highest BCUT2D eigenvalue weighted by Gasteiger charge is 1.90. The standard InChI is InChI=1S/C17H31/c1-3-5-7-9-11-13-15-17-16-14-12-10-8-6-4-2/h3,5,9,11H,1,4,6-8,10,12-17H2,2H3. The first kappa shape index (κ1) is 16.5. The normalized spacial score (nSPS) is 11.9. The lowest BCUT2D eigenvalue weighted by atomic mass is 10.1. The van der Waals surface area contributed by atoms with Gasteiger partial charge in [0.25, 0.3) is 0 Å². The molecule has 0 aromatic carbocycles. The maximum Gasteiger partial charge on any atom is -0.0169 e. The minimum absolute atomic E-state index is 1.04. The van der Waals surface area contributed by atoms with E-state index in [0.717, 1.165) is 6.42 Å². The molecule has 0 saturated heterocycles. The summed E-state index contributed by atoms with van der Waals surface area (Å²) in [6.07, 6.45) is 23.6. The Labute approximate surface area is 109 Å². The second kappa shape index (κ2) is 15.5. The van der Waals surface area contributed by atoms with Gasteiger partial charge in [0.15, 0.2) is 0 Å². The summed E-state index contributed by atoms with van der Waals surface area (Å²) in [5, 5.41) is 0. The molecule has 0 atom stereocenters. The van der Waals surface area contributed by atoms with Crippen molar-refractivity contribution >= 4 is 0 Å². The van der Waals surface area contributed by atoms with E-state index < -0.39 is 0 Å². The summed E-state index contributed by atoms with van der Waals surface area (Å²) in [6.45, 7) is 5.94. The molecule has 0 fully saturated rings. The summed E-state index contributed by atoms with van der Waals surface area (Å²) in [6, 6.07) is 0. The molecule has 0 N–H and O–H groups in total. The van der Waals surface area contributed by atoms with E-state index in [0.29, 0.717) is 0 Å². The van der Waals surface area contributed by atoms with E-state index in [9.17, 15) is 0 Å². The molecule has 0 aliphatic carbocycles. The van der Waals surface area contributed by atoms with Crippen molar-refractivity contribution in [3.05, 3.63) is 31.2 Å². The van der Waals surface area contributed by atoms with E-state index in [-0.39, 0.29) is 0 Å². The molecular weight excluding hydrogens is 204 g/mol. The van der Waals surface area contributed by atoms with Crippen molar-refractivity contribution in [1.29, 1.82) is 0 Å². The van der Waals surface area contributed by atoms with Gasteiger partial charge < -0.3 is 0 Å². The van der Waals surface area contributed by atoms with Crippen LogP contribution >= 0.6 is 0 Å². The van der Waals surface area contributed by atoms with Crippen molar-refractivity contribution in [3.8, 4) is 0 Å². The third kappa shape index (κ3) is 15.5. The molecule has 0 aliphatic rings. The fourth-order valence-electron chi connectivity index (χ4n) is 1.96. The molecule has 1 radical (unpaired) electrons. The van der Waals surface area contributed by atoms with Gasteiger partial charge in [0.1, 0.15) is 0 Å². The van der Waals surface area contributed by atoms with E-state index in [2.05, 4.69) is 32.1 Å². The monoisotopic (exact) mass is 235 g/mol. The third-order valence-corrected chi connectivity index (χ3v) is 3.08. The topological polar surface area (TPSA) is 0 Å². The van der Waals surface area contributed by atoms with Gasteiger partial charge in [-0.2, -0.15) is 0 Å². The molecule has 99 valence electrons. The minimum Gasteiger partial charge on any atom is -0.0882 e. The molecule has 0 saturated carbocycles. The lowest BCUT2D eigenvalue weighted by molar-refractivity contribution is 0.566. The van der Waals surface area contributed by atoms with Crippen molar-refractivity contribution in [2.45, 2.75) is 77.6 Å². The van der Waals surface area contributed by atoms with Crippen LogP contribution in [0.4, 0.5) is 0 Å². The Hall–Kier alpha value is -0.520. The minimum atomic E-state index is 1.04. The van der Waals surface area contributed by atoms with Gasteiger partial charge in [0, 0.05) is 0 Å². The van der Waals surface area contributed by atoms with Crippen LogP contribution in [0.15, 0.2) is 24.3 Å². The summed E-state index contributed by atoms with van der Waals surface area (Å²) in [5.74, 6) is 0. The van der Waals surface area contributed by atoms with Crippen molar-refractivity contribution in [1.82, 2.24) is 0 Å². The van der Waals surface area contributed by atoms with Crippen LogP contribution in [-0.2, 0) is 0 Å². The van der Waals surface area contributed by atoms with Crippen molar-refractivity contribution in [2.24, 2.45) is 0 Å². The predicted octanol–water partition coefficient (Wildman–Crippen LogP) is 6.24. The summed E-state index contributed by atoms with van der Waals surface area (Å²) in [7, 11) is 0. The van der Waals surface area contributed by atoms with E-state index in [1.165, 1.54) is 64.2 Å². The highest BCUT2D eigenvalue weighted by atomic mass is 14.0. The maximum absolute atomic E-state index is 3.67. The molecule has 0 amide bonds. The average Bonchev–Trinajstić information content (AvgIpc) is 2.35. The Bertz CT molecular complexity index is 176. The largest absolute Gasteiger partial charge is 0.0882 e. The molecule has 0 aromatic heterocycles. The van der Waals surface area contributed by atoms with Crippen molar-refractivity contribution in [3.63, 3.8) is 0 Å². The van der Waals surface area contributed by atoms with Crippen molar-refractivity contribution < 1.29 is 0 Å². The fraction of sp³-hybridized carbons (Fsp3) is 0.706. The number of hydrogen-bond donors (Lipinski definition) is 0. The highest BCUT2D eigenvalue weighted by Crippen LogP contribution is 2.10. The van der Waals surface area contributed by atoms with Gasteiger partial charge in [-0.1, -0.05) is 82.6 Å². The maximum atomic E-state index is 3.67. The molecule has 0 bridgehead atoms. The van der Waals surface area contributed by atoms with Gasteiger partial charge in [0.2, 0.25) is 0 Å². The van der Waals surface area contributed by atoms with Crippen LogP contribution in [-0.4, -0.2) is 0 Å². The van der Waals surface area contributed by atoms with Gasteiger partial charge in [0.05, 0.1) is 0 Å². The zero-order chi connectivity index (χ0) is 12.6. The predicted molar refractivity (Wildman–Crippen MR) is 80.1 cm³/mol. The SMILES string of the molecule is [CH2]C=CCC=CCCCCCCCCCCC. The second-order valence-electron chi connectivity index (χ2n) is 4.80. The van der Waals surface area contributed by atoms with Crippen LogP contribution in [0.25, 0.3) is 0 Å². The molecule has 0 unspecified atom stereocenters. The number of allylic oxidation sites excluding steroid dienone is 4. The lowest BCUT2D eigenvalue weighted by Crippen LogP contribution is -1.80. The fourth-order valence-corrected chi connectivity index (χ4v) is 1.96. The Morgan fingerprint density at radius 1 is 0.706 bits per heavy atom. The third-order valence-electron chi connectivity index (χ3n) is 3.08. The second-order valence-corrected chi connectivity index (χ2v) is 4.80. The van der Waals surface area contributed by atoms with E-state index in [1.807, 2.05) is 6.08 Å². The van der Waals surface area contributed by atoms with Crippen LogP contribution in [0.5, 0.6) is 0 Å². The molecule has 0 nitrogen and oxygen atoms in total. The lowest BCUT2D eigenvalue weighted by Gasteiger charge is -2.00. The van der Waals surface area contributed by atoms with Gasteiger partial charge >= 0.3 is 0 Å². The van der Waals surface area contributed by atoms with E-state index in [1.54, 1.807) is 0 Å². The zero-order valence-electron chi connectivity index (χ0n) is 11.8. The van der Waals surface area contributed by atoms with Gasteiger partial charge in [-0.05, 0) is 26.2 Å². The van der Waals surface area contributed by atoms with Crippen LogP contribution < -0.4 is 0 Å². The first-order valence-corrected chi connectivity index (χ1v) is 7.51. The van der Waals surface area contributed by atoms with Crippen LogP contribution in [0.2, 0.25) is 0 Å². The summed E-state index contributed by atoms with van der Waals surface area (Å²) in [5.41, 5.74) is 0. The van der Waals surface area contributed by atoms with Crippen LogP contribution in [0, 0.1) is 6.92 Å². The average molecular weight is 235 g/mol. The number of unbranched alkanes of at least 4 members (excludes halogenated alkanes) is 9. The van der Waals surface area contributed by atoms with Crippen LogP contribution in [0.3, 0.4) is 0 Å². The number of rotatable bonds is 12. The molecule has 0 spiro atoms. The summed E-state index contributed by atoms with van der Waals surface area (Å²) < 4.78 is 0. The molecule has 0 rings (SSSR count). The van der Waals surface area contributed by atoms with Gasteiger partial charge in [-0.15, -0.1) is 0 Å². The molecule has 0 aliphatic heterocycles. The first-order chi connectivity index (χ1) is 8.41. The van der Waals surface area contributed by atoms with Gasteiger partial charge in [-0.25, -0.2) is 0 Å². The van der Waals surface area contributed by atoms with Gasteiger partial charge in [-0.3, -0.25) is 0 Å². The Kier molecular flexibility index (Phi) is 15.0. The van der Waals surface area contributed by atoms with Crippen LogP contribution in [0.1, 0.15) is 77.6 Å². The van der Waals surface area contributed by atoms with E-state index >= 15 is 0 Å². The molecule has 0 aromatic rings. The Balaban J connectivity index is 3.00. The zero-order valence-corrected chi connectivity index (χ0v) is 11.8. The first-order valence-electron chi connectivity index (χ1n) is 7.51. The quantitative estimate of drug-likeness (QED) is 0.277.